The van der Waals surface area contributed by atoms with Gasteiger partial charge in [-0.2, -0.15) is 0 Å². The van der Waals surface area contributed by atoms with Gasteiger partial charge in [0.15, 0.2) is 0 Å². The molecule has 0 aromatic heterocycles. The fourth-order valence-electron chi connectivity index (χ4n) is 15.0. The number of hydrogen-bond acceptors (Lipinski definition) is 5. The molecule has 4 aliphatic carbocycles. The number of nitrogens with two attached hydrogens (primary N) is 1. The molecule has 0 aromatic carbocycles. The highest BCUT2D eigenvalue weighted by molar-refractivity contribution is 5.19. The summed E-state index contributed by atoms with van der Waals surface area (Å²) in [6.45, 7) is 20.9. The number of allylic oxidation sites excluding steroid dienone is 2. The summed E-state index contributed by atoms with van der Waals surface area (Å²) in [5.41, 5.74) is 8.70. The Labute approximate surface area is 404 Å². The minimum atomic E-state index is 0.0638. The molecular weight excluding hydrogens is 799 g/mol. The molecule has 0 aromatic rings. The molecule has 65 heavy (non-hydrogen) atoms. The molecule has 1 saturated heterocycles. The van der Waals surface area contributed by atoms with E-state index in [1.807, 2.05) is 0 Å². The van der Waals surface area contributed by atoms with Gasteiger partial charge < -0.3 is 24.7 Å². The quantitative estimate of drug-likeness (QED) is 0.0507. The smallest absolute Gasteiger partial charge is 0.0811 e. The number of ether oxygens (including phenoxy) is 4. The zero-order valence-corrected chi connectivity index (χ0v) is 44.3. The number of rotatable bonds is 35. The zero-order valence-electron chi connectivity index (χ0n) is 44.3. The van der Waals surface area contributed by atoms with Crippen LogP contribution < -0.4 is 5.73 Å². The summed E-state index contributed by atoms with van der Waals surface area (Å²) in [5.74, 6) is 6.60. The molecule has 2 unspecified atom stereocenters. The average Bonchev–Trinajstić information content (AvgIpc) is 3.58. The summed E-state index contributed by atoms with van der Waals surface area (Å²) in [7, 11) is 0. The van der Waals surface area contributed by atoms with Gasteiger partial charge in [-0.1, -0.05) is 144 Å². The Morgan fingerprint density at radius 1 is 0.615 bits per heavy atom. The van der Waals surface area contributed by atoms with Crippen molar-refractivity contribution in [3.05, 3.63) is 12.2 Å². The third-order valence-corrected chi connectivity index (χ3v) is 19.3. The molecule has 0 amide bonds. The van der Waals surface area contributed by atoms with Gasteiger partial charge in [0, 0.05) is 45.2 Å². The van der Waals surface area contributed by atoms with Gasteiger partial charge >= 0.3 is 0 Å². The molecule has 5 nitrogen and oxygen atoms in total. The lowest BCUT2D eigenvalue weighted by Crippen LogP contribution is -2.66. The van der Waals surface area contributed by atoms with Crippen LogP contribution in [0.15, 0.2) is 12.2 Å². The molecule has 380 valence electrons. The fraction of sp³-hybridized carbons (Fsp3) is 0.967. The lowest BCUT2D eigenvalue weighted by molar-refractivity contribution is -0.132. The number of hydrogen-bond donors (Lipinski definition) is 1. The van der Waals surface area contributed by atoms with Crippen LogP contribution in [0.25, 0.3) is 0 Å². The topological polar surface area (TPSA) is 62.9 Å². The first-order valence-electron chi connectivity index (χ1n) is 29.4. The highest BCUT2D eigenvalue weighted by atomic mass is 16.5. The third kappa shape index (κ3) is 17.4. The molecule has 0 radical (unpaired) electrons. The average molecular weight is 911 g/mol. The predicted molar refractivity (Wildman–Crippen MR) is 277 cm³/mol. The predicted octanol–water partition coefficient (Wildman–Crippen LogP) is 16.6. The Hall–Kier alpha value is -0.460. The number of fused-ring (bicyclic) bond motifs is 5. The highest BCUT2D eigenvalue weighted by Crippen LogP contribution is 2.69. The van der Waals surface area contributed by atoms with Crippen molar-refractivity contribution in [1.29, 1.82) is 0 Å². The molecule has 2 N–H and O–H groups in total. The maximum atomic E-state index is 7.78. The second-order valence-electron chi connectivity index (χ2n) is 24.3. The maximum Gasteiger partial charge on any atom is 0.0811 e. The SMILES string of the molecule is CCCCCCCC/C=C\CCCCCCCCOCC(CC1CCOCC1)OCCCOCCCC[C@H]1CC[C@@]2(C)C(CC[C@@H]3[C@@H]2CC[C@]2(C)[C@@H]([C@H](C)CCCC(C)C)CC[C@@]32N)C1. The fourth-order valence-corrected chi connectivity index (χ4v) is 15.0. The van der Waals surface area contributed by atoms with Gasteiger partial charge in [0.1, 0.15) is 0 Å². The van der Waals surface area contributed by atoms with Gasteiger partial charge in [-0.15, -0.1) is 0 Å². The third-order valence-electron chi connectivity index (χ3n) is 19.3. The molecular formula is C60H111NO4. The van der Waals surface area contributed by atoms with Crippen molar-refractivity contribution in [1.82, 2.24) is 0 Å². The van der Waals surface area contributed by atoms with Crippen molar-refractivity contribution in [2.45, 2.75) is 265 Å². The van der Waals surface area contributed by atoms with E-state index >= 15 is 0 Å². The van der Waals surface area contributed by atoms with Gasteiger partial charge in [0.25, 0.3) is 0 Å². The van der Waals surface area contributed by atoms with Gasteiger partial charge in [0.2, 0.25) is 0 Å². The van der Waals surface area contributed by atoms with Crippen LogP contribution in [0.5, 0.6) is 0 Å². The van der Waals surface area contributed by atoms with Crippen LogP contribution in [0.4, 0.5) is 0 Å². The molecule has 5 heteroatoms. The minimum absolute atomic E-state index is 0.0638. The monoisotopic (exact) mass is 910 g/mol. The van der Waals surface area contributed by atoms with E-state index in [2.05, 4.69) is 53.7 Å². The van der Waals surface area contributed by atoms with Crippen LogP contribution >= 0.6 is 0 Å². The number of unbranched alkanes of at least 4 members (excludes halogenated alkanes) is 13. The van der Waals surface area contributed by atoms with E-state index in [9.17, 15) is 0 Å². The molecule has 5 rings (SSSR count). The molecule has 0 bridgehead atoms. The summed E-state index contributed by atoms with van der Waals surface area (Å²) in [6, 6.07) is 0. The van der Waals surface area contributed by atoms with Crippen molar-refractivity contribution in [3.63, 3.8) is 0 Å². The van der Waals surface area contributed by atoms with E-state index in [-0.39, 0.29) is 11.6 Å². The first kappa shape index (κ1) is 55.5. The van der Waals surface area contributed by atoms with Gasteiger partial charge in [-0.25, -0.2) is 0 Å². The van der Waals surface area contributed by atoms with Crippen LogP contribution in [0, 0.1) is 58.2 Å². The Bertz CT molecular complexity index is 1250. The first-order chi connectivity index (χ1) is 31.6. The molecule has 1 aliphatic heterocycles. The lowest BCUT2D eigenvalue weighted by atomic mass is 9.42. The van der Waals surface area contributed by atoms with Crippen LogP contribution in [0.1, 0.15) is 253 Å². The van der Waals surface area contributed by atoms with Gasteiger partial charge in [-0.05, 0) is 180 Å². The Kier molecular flexibility index (Phi) is 25.9. The van der Waals surface area contributed by atoms with E-state index in [4.69, 9.17) is 24.7 Å². The summed E-state index contributed by atoms with van der Waals surface area (Å²) in [6.07, 6.45) is 49.0. The van der Waals surface area contributed by atoms with E-state index in [0.717, 1.165) is 113 Å². The van der Waals surface area contributed by atoms with Crippen molar-refractivity contribution in [2.75, 3.05) is 46.2 Å². The van der Waals surface area contributed by atoms with Crippen LogP contribution in [-0.4, -0.2) is 57.9 Å². The maximum absolute atomic E-state index is 7.78. The van der Waals surface area contributed by atoms with E-state index in [1.165, 1.54) is 186 Å². The van der Waals surface area contributed by atoms with Crippen molar-refractivity contribution < 1.29 is 18.9 Å². The zero-order chi connectivity index (χ0) is 46.2. The first-order valence-corrected chi connectivity index (χ1v) is 29.4. The molecule has 4 saturated carbocycles. The highest BCUT2D eigenvalue weighted by Gasteiger charge is 2.66. The molecule has 5 aliphatic rings. The second-order valence-corrected chi connectivity index (χ2v) is 24.3. The largest absolute Gasteiger partial charge is 0.381 e. The van der Waals surface area contributed by atoms with E-state index in [1.54, 1.807) is 0 Å². The Morgan fingerprint density at radius 3 is 2.03 bits per heavy atom. The lowest BCUT2D eigenvalue weighted by Gasteiger charge is -2.65. The van der Waals surface area contributed by atoms with Crippen molar-refractivity contribution in [3.8, 4) is 0 Å². The van der Waals surface area contributed by atoms with Crippen LogP contribution in [0.2, 0.25) is 0 Å². The standard InChI is InChI=1S/C60H111NO4/c1-7-8-9-10-11-12-13-14-15-16-17-18-19-20-21-23-41-64-48-54(47-52-35-44-63-45-36-52)65-43-26-42-62-40-24-22-29-51-32-37-58(5)53(46-51)30-31-57-56(58)33-38-59(6)55(34-39-60(57,59)61)50(4)28-25-27-49(2)3/h14-15,49-57H,7-13,16-48,61H2,1-6H3/b15-14-/t50-,51+,53?,54?,55-,56+,57-,58+,59-,60-/m1/s1. The van der Waals surface area contributed by atoms with Gasteiger partial charge in [0.05, 0.1) is 12.7 Å². The van der Waals surface area contributed by atoms with Crippen molar-refractivity contribution in [2.24, 2.45) is 63.9 Å². The molecule has 1 heterocycles. The minimum Gasteiger partial charge on any atom is -0.381 e. The van der Waals surface area contributed by atoms with E-state index < -0.39 is 0 Å². The van der Waals surface area contributed by atoms with Crippen LogP contribution in [0.3, 0.4) is 0 Å². The summed E-state index contributed by atoms with van der Waals surface area (Å²) in [4.78, 5) is 0. The summed E-state index contributed by atoms with van der Waals surface area (Å²) in [5, 5.41) is 0. The molecule has 0 spiro atoms. The summed E-state index contributed by atoms with van der Waals surface area (Å²) < 4.78 is 24.5. The Morgan fingerprint density at radius 2 is 1.29 bits per heavy atom. The van der Waals surface area contributed by atoms with E-state index in [0.29, 0.717) is 16.7 Å². The second kappa shape index (κ2) is 30.3. The van der Waals surface area contributed by atoms with Gasteiger partial charge in [-0.3, -0.25) is 0 Å². The van der Waals surface area contributed by atoms with Crippen molar-refractivity contribution >= 4 is 0 Å². The summed E-state index contributed by atoms with van der Waals surface area (Å²) >= 11 is 0. The Balaban J connectivity index is 0.882. The molecule has 10 atom stereocenters. The van der Waals surface area contributed by atoms with Crippen LogP contribution in [-0.2, 0) is 18.9 Å². The molecule has 5 fully saturated rings. The normalized spacial score (nSPS) is 31.6.